The Hall–Kier alpha value is -3.11. The van der Waals surface area contributed by atoms with Crippen LogP contribution in [0.15, 0.2) is 91.0 Å². The molecule has 8 nitrogen and oxygen atoms in total. The lowest BCUT2D eigenvalue weighted by molar-refractivity contribution is -0.323. The molecule has 0 spiro atoms. The summed E-state index contributed by atoms with van der Waals surface area (Å²) in [5.74, 6) is -0.317. The zero-order chi connectivity index (χ0) is 30.5. The van der Waals surface area contributed by atoms with Crippen molar-refractivity contribution in [1.82, 2.24) is 0 Å². The minimum Gasteiger partial charge on any atom is -0.460 e. The molecule has 1 fully saturated rings. The second-order valence-corrected chi connectivity index (χ2v) is 11.5. The quantitative estimate of drug-likeness (QED) is 0.160. The van der Waals surface area contributed by atoms with Crippen LogP contribution in [0.4, 0.5) is 0 Å². The van der Waals surface area contributed by atoms with Crippen LogP contribution in [0.25, 0.3) is 0 Å². The molecule has 232 valence electrons. The highest BCUT2D eigenvalue weighted by atomic mass is 16.7. The summed E-state index contributed by atoms with van der Waals surface area (Å²) in [4.78, 5) is 12.2. The van der Waals surface area contributed by atoms with Gasteiger partial charge in [0.25, 0.3) is 0 Å². The normalized spacial score (nSPS) is 22.3. The molecule has 4 rings (SSSR count). The van der Waals surface area contributed by atoms with Crippen LogP contribution in [-0.4, -0.2) is 62.6 Å². The van der Waals surface area contributed by atoms with Crippen LogP contribution < -0.4 is 0 Å². The summed E-state index contributed by atoms with van der Waals surface area (Å²) >= 11 is 0. The number of ether oxygens (including phenoxy) is 7. The Labute approximate surface area is 255 Å². The molecule has 0 radical (unpaired) electrons. The number of hydrogen-bond donors (Lipinski definition) is 0. The van der Waals surface area contributed by atoms with Crippen molar-refractivity contribution in [3.8, 4) is 0 Å². The maximum Gasteiger partial charge on any atom is 0.308 e. The lowest BCUT2D eigenvalue weighted by Crippen LogP contribution is -2.61. The molecule has 5 atom stereocenters. The Kier molecular flexibility index (Phi) is 12.7. The SMILES string of the molecule is CO[C@H]1O[C@H](COCCC(=O)OC(C)(C)C)[C@@H](OCc2ccccc2)[C@H](OCc2ccccc2)[C@H]1OCc1ccccc1. The lowest BCUT2D eigenvalue weighted by Gasteiger charge is -2.45. The van der Waals surface area contributed by atoms with Gasteiger partial charge in [-0.25, -0.2) is 0 Å². The van der Waals surface area contributed by atoms with Gasteiger partial charge in [0.1, 0.15) is 30.0 Å². The fourth-order valence-corrected chi connectivity index (χ4v) is 4.82. The molecule has 1 aliphatic heterocycles. The van der Waals surface area contributed by atoms with E-state index < -0.39 is 36.3 Å². The molecule has 1 aliphatic rings. The topological polar surface area (TPSA) is 81.7 Å². The second-order valence-electron chi connectivity index (χ2n) is 11.5. The maximum atomic E-state index is 12.2. The summed E-state index contributed by atoms with van der Waals surface area (Å²) < 4.78 is 43.2. The van der Waals surface area contributed by atoms with Crippen LogP contribution in [0.1, 0.15) is 43.9 Å². The summed E-state index contributed by atoms with van der Waals surface area (Å²) in [5.41, 5.74) is 2.51. The fraction of sp³-hybridized carbons (Fsp3) is 0.457. The van der Waals surface area contributed by atoms with Crippen LogP contribution in [-0.2, 0) is 57.8 Å². The number of rotatable bonds is 15. The number of benzene rings is 3. The Morgan fingerprint density at radius 3 is 1.63 bits per heavy atom. The molecule has 0 aliphatic carbocycles. The number of carbonyl (C=O) groups is 1. The smallest absolute Gasteiger partial charge is 0.308 e. The molecule has 8 heteroatoms. The minimum atomic E-state index is -0.736. The van der Waals surface area contributed by atoms with Crippen LogP contribution >= 0.6 is 0 Å². The van der Waals surface area contributed by atoms with Crippen molar-refractivity contribution in [3.63, 3.8) is 0 Å². The van der Waals surface area contributed by atoms with Crippen molar-refractivity contribution in [1.29, 1.82) is 0 Å². The Morgan fingerprint density at radius 1 is 0.698 bits per heavy atom. The number of methoxy groups -OCH3 is 1. The molecule has 0 unspecified atom stereocenters. The van der Waals surface area contributed by atoms with Crippen molar-refractivity contribution in [2.45, 2.75) is 83.3 Å². The van der Waals surface area contributed by atoms with E-state index in [1.807, 2.05) is 112 Å². The third-order valence-corrected chi connectivity index (χ3v) is 6.83. The first-order valence-corrected chi connectivity index (χ1v) is 14.8. The van der Waals surface area contributed by atoms with E-state index in [2.05, 4.69) is 0 Å². The minimum absolute atomic E-state index is 0.129. The molecule has 43 heavy (non-hydrogen) atoms. The van der Waals surface area contributed by atoms with Gasteiger partial charge in [0.2, 0.25) is 0 Å². The van der Waals surface area contributed by atoms with Gasteiger partial charge in [-0.15, -0.1) is 0 Å². The number of esters is 1. The zero-order valence-electron chi connectivity index (χ0n) is 25.6. The summed E-state index contributed by atoms with van der Waals surface area (Å²) in [6.45, 7) is 6.91. The third-order valence-electron chi connectivity index (χ3n) is 6.83. The molecule has 3 aromatic carbocycles. The van der Waals surface area contributed by atoms with Crippen molar-refractivity contribution < 1.29 is 38.0 Å². The molecule has 0 amide bonds. The van der Waals surface area contributed by atoms with Crippen LogP contribution in [0, 0.1) is 0 Å². The van der Waals surface area contributed by atoms with Gasteiger partial charge in [-0.1, -0.05) is 91.0 Å². The highest BCUT2D eigenvalue weighted by Gasteiger charge is 2.48. The first-order valence-electron chi connectivity index (χ1n) is 14.8. The summed E-state index contributed by atoms with van der Waals surface area (Å²) in [6, 6.07) is 29.9. The highest BCUT2D eigenvalue weighted by Crippen LogP contribution is 2.31. The zero-order valence-corrected chi connectivity index (χ0v) is 25.6. The van der Waals surface area contributed by atoms with E-state index in [1.54, 1.807) is 7.11 Å². The van der Waals surface area contributed by atoms with Crippen LogP contribution in [0.2, 0.25) is 0 Å². The van der Waals surface area contributed by atoms with E-state index in [1.165, 1.54) is 0 Å². The highest BCUT2D eigenvalue weighted by molar-refractivity contribution is 5.69. The fourth-order valence-electron chi connectivity index (χ4n) is 4.82. The average Bonchev–Trinajstić information content (AvgIpc) is 3.01. The van der Waals surface area contributed by atoms with Crippen molar-refractivity contribution in [3.05, 3.63) is 108 Å². The summed E-state index contributed by atoms with van der Waals surface area (Å²) in [6.07, 6.45) is -2.86. The Bertz CT molecular complexity index is 1200. The third kappa shape index (κ3) is 10.8. The van der Waals surface area contributed by atoms with E-state index in [-0.39, 0.29) is 25.6 Å². The van der Waals surface area contributed by atoms with Gasteiger partial charge in [-0.05, 0) is 37.5 Å². The van der Waals surface area contributed by atoms with Gasteiger partial charge in [0, 0.05) is 7.11 Å². The molecular weight excluding hydrogens is 548 g/mol. The monoisotopic (exact) mass is 592 g/mol. The first-order chi connectivity index (χ1) is 20.8. The summed E-state index contributed by atoms with van der Waals surface area (Å²) in [5, 5.41) is 0. The standard InChI is InChI=1S/C35H44O8/c1-35(2,3)43-30(36)20-21-38-25-29-31(39-22-26-14-8-5-9-15-26)32(40-23-27-16-10-6-11-17-27)33(34(37-4)42-29)41-24-28-18-12-7-13-19-28/h5-19,29,31-34H,20-25H2,1-4H3/t29-,31-,32+,33-,34+/m1/s1. The summed E-state index contributed by atoms with van der Waals surface area (Å²) in [7, 11) is 1.59. The van der Waals surface area contributed by atoms with Gasteiger partial charge in [-0.3, -0.25) is 4.79 Å². The van der Waals surface area contributed by atoms with E-state index in [4.69, 9.17) is 33.2 Å². The average molecular weight is 593 g/mol. The molecule has 1 saturated heterocycles. The predicted molar refractivity (Wildman–Crippen MR) is 162 cm³/mol. The van der Waals surface area contributed by atoms with Crippen molar-refractivity contribution in [2.24, 2.45) is 0 Å². The molecule has 1 heterocycles. The van der Waals surface area contributed by atoms with E-state index in [0.717, 1.165) is 16.7 Å². The van der Waals surface area contributed by atoms with Gasteiger partial charge in [-0.2, -0.15) is 0 Å². The van der Waals surface area contributed by atoms with Crippen LogP contribution in [0.5, 0.6) is 0 Å². The first kappa shape index (κ1) is 32.8. The van der Waals surface area contributed by atoms with E-state index >= 15 is 0 Å². The van der Waals surface area contributed by atoms with E-state index in [9.17, 15) is 4.79 Å². The Balaban J connectivity index is 1.53. The van der Waals surface area contributed by atoms with Gasteiger partial charge < -0.3 is 33.2 Å². The maximum absolute atomic E-state index is 12.2. The molecule has 0 saturated carbocycles. The van der Waals surface area contributed by atoms with Gasteiger partial charge in [0.15, 0.2) is 6.29 Å². The van der Waals surface area contributed by atoms with Gasteiger partial charge >= 0.3 is 5.97 Å². The molecule has 0 N–H and O–H groups in total. The van der Waals surface area contributed by atoms with Crippen molar-refractivity contribution in [2.75, 3.05) is 20.3 Å². The molecule has 0 bridgehead atoms. The predicted octanol–water partition coefficient (Wildman–Crippen LogP) is 5.86. The number of carbonyl (C=O) groups excluding carboxylic acids is 1. The molecule has 3 aromatic rings. The van der Waals surface area contributed by atoms with Crippen molar-refractivity contribution >= 4 is 5.97 Å². The number of hydrogen-bond acceptors (Lipinski definition) is 8. The lowest BCUT2D eigenvalue weighted by atomic mass is 9.97. The van der Waals surface area contributed by atoms with Gasteiger partial charge in [0.05, 0.1) is 39.5 Å². The second kappa shape index (κ2) is 16.7. The van der Waals surface area contributed by atoms with Crippen LogP contribution in [0.3, 0.4) is 0 Å². The molecule has 0 aromatic heterocycles. The Morgan fingerprint density at radius 2 is 1.16 bits per heavy atom. The molecular formula is C35H44O8. The largest absolute Gasteiger partial charge is 0.460 e. The van der Waals surface area contributed by atoms with E-state index in [0.29, 0.717) is 19.8 Å².